The Morgan fingerprint density at radius 1 is 1.08 bits per heavy atom. The Balaban J connectivity index is 0.000000937. The summed E-state index contributed by atoms with van der Waals surface area (Å²) >= 11 is 0. The lowest BCUT2D eigenvalue weighted by molar-refractivity contribution is -0.253. The number of hydrogen-bond donors (Lipinski definition) is 1. The first-order valence-corrected chi connectivity index (χ1v) is 13.4. The highest BCUT2D eigenvalue weighted by Crippen LogP contribution is 2.60. The van der Waals surface area contributed by atoms with E-state index in [-0.39, 0.29) is 23.0 Å². The second kappa shape index (κ2) is 9.63. The number of carbonyl (C=O) groups is 1. The Kier molecular flexibility index (Phi) is 6.87. The fourth-order valence-corrected chi connectivity index (χ4v) is 8.00. The van der Waals surface area contributed by atoms with Crippen LogP contribution >= 0.6 is 0 Å². The van der Waals surface area contributed by atoms with Gasteiger partial charge in [0.2, 0.25) is 0 Å². The summed E-state index contributed by atoms with van der Waals surface area (Å²) in [5.41, 5.74) is -2.28. The second-order valence-corrected chi connectivity index (χ2v) is 12.4. The predicted octanol–water partition coefficient (Wildman–Crippen LogP) is 5.24. The minimum Gasteiger partial charge on any atom is -0.493 e. The largest absolute Gasteiger partial charge is 0.493 e. The summed E-state index contributed by atoms with van der Waals surface area (Å²) in [4.78, 5) is 30.3. The first-order chi connectivity index (χ1) is 17.9. The molecule has 6 nitrogen and oxygen atoms in total. The van der Waals surface area contributed by atoms with Crippen molar-refractivity contribution in [3.8, 4) is 5.75 Å². The summed E-state index contributed by atoms with van der Waals surface area (Å²) in [6.07, 6.45) is 4.11. The van der Waals surface area contributed by atoms with Gasteiger partial charge in [-0.25, -0.2) is 4.39 Å². The molecule has 1 aromatic carbocycles. The number of alkyl halides is 3. The van der Waals surface area contributed by atoms with Crippen molar-refractivity contribution in [1.29, 1.82) is 0 Å². The molecule has 1 saturated heterocycles. The zero-order chi connectivity index (χ0) is 27.5. The van der Waals surface area contributed by atoms with E-state index in [2.05, 4.69) is 0 Å². The van der Waals surface area contributed by atoms with E-state index in [9.17, 15) is 23.1 Å². The SMILES string of the molecule is C[C@@H]1CC(O)(C(F)(F)F)CN1C(=O)c1cc(C2CC2)c(OCC23CC4CC(CC(C4)C2)C3)cc1F.O=C=O. The van der Waals surface area contributed by atoms with Crippen molar-refractivity contribution in [3.63, 3.8) is 0 Å². The summed E-state index contributed by atoms with van der Waals surface area (Å²) in [7, 11) is 0. The molecule has 7 rings (SSSR count). The fraction of sp³-hybridized carbons (Fsp3) is 0.714. The van der Waals surface area contributed by atoms with Crippen molar-refractivity contribution in [2.75, 3.05) is 13.2 Å². The van der Waals surface area contributed by atoms with Crippen LogP contribution in [0.25, 0.3) is 0 Å². The molecule has 38 heavy (non-hydrogen) atoms. The molecule has 10 heteroatoms. The third kappa shape index (κ3) is 4.97. The van der Waals surface area contributed by atoms with Gasteiger partial charge in [0.15, 0.2) is 5.60 Å². The van der Waals surface area contributed by atoms with E-state index in [4.69, 9.17) is 14.3 Å². The fourth-order valence-electron chi connectivity index (χ4n) is 8.00. The molecular formula is C28H33F4NO5. The van der Waals surface area contributed by atoms with Crippen molar-refractivity contribution < 1.29 is 41.8 Å². The number of nitrogens with zero attached hydrogens (tertiary/aromatic N) is 1. The van der Waals surface area contributed by atoms with Crippen molar-refractivity contribution in [1.82, 2.24) is 4.90 Å². The van der Waals surface area contributed by atoms with Crippen molar-refractivity contribution >= 4 is 12.1 Å². The molecular weight excluding hydrogens is 506 g/mol. The highest BCUT2D eigenvalue weighted by molar-refractivity contribution is 5.95. The quantitative estimate of drug-likeness (QED) is 0.518. The standard InChI is InChI=1S/C27H33F4NO3.CO2/c1-15-9-26(34,27(29,30)31)13-32(15)24(33)21-7-20(19-2-3-19)23(8-22(21)28)35-14-25-10-16-4-17(11-25)6-18(5-16)12-25;2-1-3/h7-8,15-19,34H,2-6,9-14H2,1H3;/t15-,16?,17?,18?,25?,26?;/m1./s1. The summed E-state index contributed by atoms with van der Waals surface area (Å²) in [6.45, 7) is 1.12. The number of amides is 1. The number of benzene rings is 1. The van der Waals surface area contributed by atoms with Gasteiger partial charge in [-0.15, -0.1) is 0 Å². The van der Waals surface area contributed by atoms with Crippen molar-refractivity contribution in [2.45, 2.75) is 88.4 Å². The Hall–Kier alpha value is -2.45. The van der Waals surface area contributed by atoms with Gasteiger partial charge in [0.1, 0.15) is 11.6 Å². The summed E-state index contributed by atoms with van der Waals surface area (Å²) < 4.78 is 61.6. The van der Waals surface area contributed by atoms with Gasteiger partial charge in [0.05, 0.1) is 18.7 Å². The molecule has 6 aliphatic rings. The van der Waals surface area contributed by atoms with Crippen LogP contribution in [-0.4, -0.2) is 53.0 Å². The third-order valence-corrected chi connectivity index (χ3v) is 9.43. The van der Waals surface area contributed by atoms with E-state index >= 15 is 4.39 Å². The lowest BCUT2D eigenvalue weighted by Gasteiger charge is -2.56. The number of rotatable bonds is 5. The predicted molar refractivity (Wildman–Crippen MR) is 126 cm³/mol. The second-order valence-electron chi connectivity index (χ2n) is 12.4. The van der Waals surface area contributed by atoms with E-state index in [1.807, 2.05) is 0 Å². The molecule has 5 aliphatic carbocycles. The molecule has 0 radical (unpaired) electrons. The van der Waals surface area contributed by atoms with E-state index in [1.54, 1.807) is 0 Å². The van der Waals surface area contributed by atoms with Crippen LogP contribution in [0.3, 0.4) is 0 Å². The van der Waals surface area contributed by atoms with Crippen LogP contribution < -0.4 is 4.74 Å². The number of β-amino-alcohol motifs (C(OH)–C–C–N with tert-alkyl or cyclic N) is 1. The smallest absolute Gasteiger partial charge is 0.419 e. The first kappa shape index (κ1) is 27.1. The Labute approximate surface area is 218 Å². The van der Waals surface area contributed by atoms with Crippen LogP contribution in [0.1, 0.15) is 86.6 Å². The van der Waals surface area contributed by atoms with Gasteiger partial charge >= 0.3 is 12.3 Å². The van der Waals surface area contributed by atoms with E-state index in [1.165, 1.54) is 57.6 Å². The molecule has 1 N–H and O–H groups in total. The van der Waals surface area contributed by atoms with Crippen LogP contribution in [0.4, 0.5) is 17.6 Å². The Morgan fingerprint density at radius 3 is 2.11 bits per heavy atom. The zero-order valence-corrected chi connectivity index (χ0v) is 21.4. The van der Waals surface area contributed by atoms with Gasteiger partial charge in [-0.3, -0.25) is 4.79 Å². The molecule has 1 heterocycles. The molecule has 0 aromatic heterocycles. The summed E-state index contributed by atoms with van der Waals surface area (Å²) in [5, 5.41) is 10.1. The molecule has 1 aliphatic heterocycles. The first-order valence-electron chi connectivity index (χ1n) is 13.4. The molecule has 4 bridgehead atoms. The number of halogens is 4. The van der Waals surface area contributed by atoms with Crippen LogP contribution in [0.15, 0.2) is 12.1 Å². The Morgan fingerprint density at radius 2 is 1.63 bits per heavy atom. The highest BCUT2D eigenvalue weighted by Gasteiger charge is 2.60. The molecule has 1 unspecified atom stereocenters. The van der Waals surface area contributed by atoms with Crippen LogP contribution in [0, 0.1) is 29.0 Å². The van der Waals surface area contributed by atoms with Gasteiger partial charge in [0, 0.05) is 23.9 Å². The minimum atomic E-state index is -4.86. The number of carbonyl (C=O) groups excluding carboxylic acids is 3. The molecule has 0 spiro atoms. The molecule has 208 valence electrons. The monoisotopic (exact) mass is 539 g/mol. The van der Waals surface area contributed by atoms with Gasteiger partial charge in [0.25, 0.3) is 5.91 Å². The summed E-state index contributed by atoms with van der Waals surface area (Å²) in [5.74, 6) is 1.39. The molecule has 5 saturated carbocycles. The lowest BCUT2D eigenvalue weighted by Crippen LogP contribution is -2.48. The van der Waals surface area contributed by atoms with Gasteiger partial charge in [-0.1, -0.05) is 0 Å². The number of aliphatic hydroxyl groups is 1. The van der Waals surface area contributed by atoms with Crippen LogP contribution in [0.5, 0.6) is 5.75 Å². The average Bonchev–Trinajstić information content (AvgIpc) is 3.60. The third-order valence-electron chi connectivity index (χ3n) is 9.43. The number of likely N-dealkylation sites (tertiary alicyclic amines) is 1. The van der Waals surface area contributed by atoms with E-state index < -0.39 is 42.5 Å². The van der Waals surface area contributed by atoms with E-state index in [0.29, 0.717) is 12.4 Å². The number of ether oxygens (including phenoxy) is 1. The number of hydrogen-bond acceptors (Lipinski definition) is 5. The summed E-state index contributed by atoms with van der Waals surface area (Å²) in [6, 6.07) is 1.89. The molecule has 6 fully saturated rings. The maximum atomic E-state index is 15.2. The molecule has 1 amide bonds. The van der Waals surface area contributed by atoms with E-state index in [0.717, 1.165) is 41.1 Å². The maximum Gasteiger partial charge on any atom is 0.419 e. The average molecular weight is 540 g/mol. The zero-order valence-electron chi connectivity index (χ0n) is 21.4. The maximum absolute atomic E-state index is 15.2. The lowest BCUT2D eigenvalue weighted by atomic mass is 9.50. The van der Waals surface area contributed by atoms with Gasteiger partial charge in [-0.05, 0) is 93.6 Å². The highest BCUT2D eigenvalue weighted by atomic mass is 19.4. The normalized spacial score (nSPS) is 35.5. The Bertz CT molecular complexity index is 1090. The van der Waals surface area contributed by atoms with Crippen molar-refractivity contribution in [2.24, 2.45) is 23.2 Å². The minimum absolute atomic E-state index is 0.160. The molecule has 1 aromatic rings. The van der Waals surface area contributed by atoms with Crippen LogP contribution in [-0.2, 0) is 9.59 Å². The van der Waals surface area contributed by atoms with Gasteiger partial charge in [-0.2, -0.15) is 22.8 Å². The van der Waals surface area contributed by atoms with Crippen LogP contribution in [0.2, 0.25) is 0 Å². The van der Waals surface area contributed by atoms with Crippen molar-refractivity contribution in [3.05, 3.63) is 29.1 Å². The topological polar surface area (TPSA) is 83.9 Å². The van der Waals surface area contributed by atoms with Gasteiger partial charge < -0.3 is 14.7 Å². The molecule has 2 atom stereocenters.